The zero-order chi connectivity index (χ0) is 12.8. The topological polar surface area (TPSA) is 55.4 Å². The molecule has 0 bridgehead atoms. The minimum atomic E-state index is -0.404. The highest BCUT2D eigenvalue weighted by Crippen LogP contribution is 2.19. The first kappa shape index (κ1) is 13.7. The number of rotatable bonds is 4. The van der Waals surface area contributed by atoms with E-state index in [2.05, 4.69) is 26.0 Å². The van der Waals surface area contributed by atoms with Crippen LogP contribution in [0, 0.1) is 6.92 Å². The zero-order valence-corrected chi connectivity index (χ0v) is 11.3. The molecule has 1 N–H and O–H groups in total. The number of alkyl halides is 1. The van der Waals surface area contributed by atoms with E-state index in [1.807, 2.05) is 0 Å². The molecule has 0 radical (unpaired) electrons. The molecule has 0 aliphatic rings. The quantitative estimate of drug-likeness (QED) is 0.686. The van der Waals surface area contributed by atoms with E-state index in [1.54, 1.807) is 25.1 Å². The number of methoxy groups -OCH3 is 1. The number of halogens is 1. The third kappa shape index (κ3) is 3.56. The van der Waals surface area contributed by atoms with Crippen molar-refractivity contribution < 1.29 is 14.3 Å². The van der Waals surface area contributed by atoms with Gasteiger partial charge in [-0.05, 0) is 24.6 Å². The average Bonchev–Trinajstić information content (AvgIpc) is 2.31. The predicted octanol–water partition coefficient (Wildman–Crippen LogP) is 2.51. The lowest BCUT2D eigenvalue weighted by Gasteiger charge is -2.10. The fourth-order valence-corrected chi connectivity index (χ4v) is 1.76. The van der Waals surface area contributed by atoms with Crippen LogP contribution in [-0.2, 0) is 9.53 Å². The number of carbonyl (C=O) groups excluding carboxylic acids is 2. The number of amides is 1. The van der Waals surface area contributed by atoms with Gasteiger partial charge in [0.2, 0.25) is 5.91 Å². The largest absolute Gasteiger partial charge is 0.465 e. The number of ether oxygens (including phenoxy) is 1. The Bertz CT molecular complexity index is 432. The highest BCUT2D eigenvalue weighted by Gasteiger charge is 2.12. The number of benzene rings is 1. The molecule has 0 heterocycles. The third-order valence-electron chi connectivity index (χ3n) is 2.33. The highest BCUT2D eigenvalue weighted by molar-refractivity contribution is 9.09. The highest BCUT2D eigenvalue weighted by atomic mass is 79.9. The van der Waals surface area contributed by atoms with E-state index in [-0.39, 0.29) is 5.91 Å². The first-order valence-corrected chi connectivity index (χ1v) is 6.26. The Labute approximate surface area is 108 Å². The van der Waals surface area contributed by atoms with E-state index in [1.165, 1.54) is 7.11 Å². The first-order chi connectivity index (χ1) is 8.10. The maximum absolute atomic E-state index is 11.5. The van der Waals surface area contributed by atoms with Crippen molar-refractivity contribution >= 4 is 33.5 Å². The van der Waals surface area contributed by atoms with Gasteiger partial charge in [-0.3, -0.25) is 4.79 Å². The average molecular weight is 300 g/mol. The van der Waals surface area contributed by atoms with Crippen LogP contribution in [0.15, 0.2) is 18.2 Å². The van der Waals surface area contributed by atoms with Gasteiger partial charge in [-0.25, -0.2) is 4.79 Å². The van der Waals surface area contributed by atoms with Crippen molar-refractivity contribution in [2.45, 2.75) is 13.3 Å². The van der Waals surface area contributed by atoms with Crippen molar-refractivity contribution in [2.24, 2.45) is 0 Å². The minimum Gasteiger partial charge on any atom is -0.465 e. The van der Waals surface area contributed by atoms with Crippen LogP contribution in [0.5, 0.6) is 0 Å². The maximum atomic E-state index is 11.5. The van der Waals surface area contributed by atoms with Gasteiger partial charge in [-0.1, -0.05) is 22.0 Å². The maximum Gasteiger partial charge on any atom is 0.338 e. The number of hydrogen-bond acceptors (Lipinski definition) is 3. The first-order valence-electron chi connectivity index (χ1n) is 5.14. The molecule has 1 aromatic rings. The second kappa shape index (κ2) is 6.39. The molecule has 17 heavy (non-hydrogen) atoms. The SMILES string of the molecule is COC(=O)c1cccc(NC(=O)CCBr)c1C. The number of anilines is 1. The summed E-state index contributed by atoms with van der Waals surface area (Å²) in [5, 5.41) is 3.36. The lowest BCUT2D eigenvalue weighted by Crippen LogP contribution is -2.14. The summed E-state index contributed by atoms with van der Waals surface area (Å²) in [7, 11) is 1.33. The van der Waals surface area contributed by atoms with Crippen LogP contribution in [0.25, 0.3) is 0 Å². The molecule has 1 rings (SSSR count). The molecular formula is C12H14BrNO3. The van der Waals surface area contributed by atoms with Crippen molar-refractivity contribution in [3.8, 4) is 0 Å². The van der Waals surface area contributed by atoms with Gasteiger partial charge in [-0.15, -0.1) is 0 Å². The fourth-order valence-electron chi connectivity index (χ4n) is 1.40. The minimum absolute atomic E-state index is 0.0907. The predicted molar refractivity (Wildman–Crippen MR) is 69.6 cm³/mol. The molecule has 0 atom stereocenters. The van der Waals surface area contributed by atoms with Crippen LogP contribution in [0.2, 0.25) is 0 Å². The molecule has 0 aromatic heterocycles. The Hall–Kier alpha value is -1.36. The van der Waals surface area contributed by atoms with Gasteiger partial charge in [0.15, 0.2) is 0 Å². The van der Waals surface area contributed by atoms with Gasteiger partial charge in [-0.2, -0.15) is 0 Å². The number of carbonyl (C=O) groups is 2. The molecule has 4 nitrogen and oxygen atoms in total. The molecule has 0 aliphatic heterocycles. The van der Waals surface area contributed by atoms with Crippen LogP contribution in [0.4, 0.5) is 5.69 Å². The summed E-state index contributed by atoms with van der Waals surface area (Å²) >= 11 is 3.20. The number of hydrogen-bond donors (Lipinski definition) is 1. The number of nitrogens with one attached hydrogen (secondary N) is 1. The lowest BCUT2D eigenvalue weighted by atomic mass is 10.1. The summed E-state index contributed by atoms with van der Waals surface area (Å²) in [5.74, 6) is -0.494. The Kier molecular flexibility index (Phi) is 5.15. The molecule has 1 aromatic carbocycles. The Morgan fingerprint density at radius 3 is 2.71 bits per heavy atom. The summed E-state index contributed by atoms with van der Waals surface area (Å²) in [6.45, 7) is 1.77. The summed E-state index contributed by atoms with van der Waals surface area (Å²) in [5.41, 5.74) is 1.81. The number of esters is 1. The molecule has 1 amide bonds. The van der Waals surface area contributed by atoms with Crippen LogP contribution < -0.4 is 5.32 Å². The van der Waals surface area contributed by atoms with Crippen LogP contribution in [0.1, 0.15) is 22.3 Å². The van der Waals surface area contributed by atoms with Crippen LogP contribution >= 0.6 is 15.9 Å². The van der Waals surface area contributed by atoms with Crippen LogP contribution in [-0.4, -0.2) is 24.3 Å². The molecule has 0 saturated carbocycles. The second-order valence-corrected chi connectivity index (χ2v) is 4.25. The van der Waals surface area contributed by atoms with Crippen molar-refractivity contribution in [3.05, 3.63) is 29.3 Å². The molecular weight excluding hydrogens is 286 g/mol. The van der Waals surface area contributed by atoms with E-state index in [9.17, 15) is 9.59 Å². The summed E-state index contributed by atoms with van der Waals surface area (Å²) in [4.78, 5) is 22.9. The van der Waals surface area contributed by atoms with Crippen molar-refractivity contribution in [3.63, 3.8) is 0 Å². The molecule has 0 unspecified atom stereocenters. The second-order valence-electron chi connectivity index (χ2n) is 3.46. The Morgan fingerprint density at radius 2 is 2.12 bits per heavy atom. The van der Waals surface area contributed by atoms with Crippen LogP contribution in [0.3, 0.4) is 0 Å². The smallest absolute Gasteiger partial charge is 0.338 e. The lowest BCUT2D eigenvalue weighted by molar-refractivity contribution is -0.115. The van der Waals surface area contributed by atoms with Gasteiger partial charge >= 0.3 is 5.97 Å². The third-order valence-corrected chi connectivity index (χ3v) is 2.73. The van der Waals surface area contributed by atoms with E-state index in [4.69, 9.17) is 0 Å². The normalized spacial score (nSPS) is 9.82. The summed E-state index contributed by atoms with van der Waals surface area (Å²) in [6.07, 6.45) is 0.391. The van der Waals surface area contributed by atoms with E-state index in [0.717, 1.165) is 0 Å². The molecule has 0 saturated heterocycles. The summed E-state index contributed by atoms with van der Waals surface area (Å²) < 4.78 is 4.67. The summed E-state index contributed by atoms with van der Waals surface area (Å²) in [6, 6.07) is 5.14. The van der Waals surface area contributed by atoms with Crippen molar-refractivity contribution in [1.82, 2.24) is 0 Å². The van der Waals surface area contributed by atoms with Gasteiger partial charge < -0.3 is 10.1 Å². The van der Waals surface area contributed by atoms with Crippen molar-refractivity contribution in [2.75, 3.05) is 17.8 Å². The molecule has 0 aliphatic carbocycles. The van der Waals surface area contributed by atoms with E-state index in [0.29, 0.717) is 28.6 Å². The van der Waals surface area contributed by atoms with Gasteiger partial charge in [0.25, 0.3) is 0 Å². The van der Waals surface area contributed by atoms with Gasteiger partial charge in [0, 0.05) is 17.4 Å². The van der Waals surface area contributed by atoms with Gasteiger partial charge in [0.05, 0.1) is 12.7 Å². The molecule has 0 spiro atoms. The van der Waals surface area contributed by atoms with Crippen molar-refractivity contribution in [1.29, 1.82) is 0 Å². The monoisotopic (exact) mass is 299 g/mol. The standard InChI is InChI=1S/C12H14BrNO3/c1-8-9(12(16)17-2)4-3-5-10(8)14-11(15)6-7-13/h3-5H,6-7H2,1-2H3,(H,14,15). The van der Waals surface area contributed by atoms with E-state index < -0.39 is 5.97 Å². The Morgan fingerprint density at radius 1 is 1.41 bits per heavy atom. The fraction of sp³-hybridized carbons (Fsp3) is 0.333. The molecule has 92 valence electrons. The Balaban J connectivity index is 2.94. The van der Waals surface area contributed by atoms with Gasteiger partial charge in [0.1, 0.15) is 0 Å². The molecule has 5 heteroatoms. The molecule has 0 fully saturated rings. The van der Waals surface area contributed by atoms with E-state index >= 15 is 0 Å². The zero-order valence-electron chi connectivity index (χ0n) is 9.75.